The van der Waals surface area contributed by atoms with Gasteiger partial charge in [0, 0.05) is 57.8 Å². The first-order chi connectivity index (χ1) is 17.9. The molecule has 0 aromatic heterocycles. The Morgan fingerprint density at radius 1 is 0.568 bits per heavy atom. The van der Waals surface area contributed by atoms with Gasteiger partial charge in [-0.2, -0.15) is 0 Å². The standard InChI is InChI=1S/C34H33N3/c1-24-10-16-27(17-11-24)35-33-23-22-32(30-8-6-7-9-31(30)33)34(25-12-18-28(19-13-25)36(2)3)26-14-20-29(21-15-26)37(4)5/h6-23H,1-5H3/p+1. The highest BCUT2D eigenvalue weighted by Gasteiger charge is 2.23. The number of allylic oxidation sites excluding steroid dienone is 3. The highest BCUT2D eigenvalue weighted by Crippen LogP contribution is 2.37. The van der Waals surface area contributed by atoms with E-state index in [0.29, 0.717) is 0 Å². The fourth-order valence-corrected chi connectivity index (χ4v) is 4.75. The topological polar surface area (TPSA) is 20.5 Å². The number of benzene rings is 4. The number of fused-ring (bicyclic) bond motifs is 1. The molecule has 4 aromatic rings. The van der Waals surface area contributed by atoms with Crippen LogP contribution in [0, 0.1) is 6.92 Å². The van der Waals surface area contributed by atoms with Crippen LogP contribution in [-0.4, -0.2) is 33.9 Å². The molecule has 1 aliphatic carbocycles. The summed E-state index contributed by atoms with van der Waals surface area (Å²) in [4.78, 5) is 7.91. The molecule has 0 bridgehead atoms. The van der Waals surface area contributed by atoms with E-state index in [2.05, 4.69) is 159 Å². The third kappa shape index (κ3) is 5.12. The van der Waals surface area contributed by atoms with Crippen molar-refractivity contribution in [3.63, 3.8) is 0 Å². The Hall–Kier alpha value is -4.37. The Labute approximate surface area is 220 Å². The second-order valence-corrected chi connectivity index (χ2v) is 9.95. The molecule has 5 rings (SSSR count). The van der Waals surface area contributed by atoms with Gasteiger partial charge in [-0.1, -0.05) is 60.2 Å². The SMILES string of the molecule is Cc1ccc([NH+]=C2C=CC(=C(c3ccc(N(C)C)cc3)c3ccc(N(C)C)cc3)c3ccccc32)cc1. The third-order valence-electron chi connectivity index (χ3n) is 6.87. The van der Waals surface area contributed by atoms with Crippen molar-refractivity contribution in [3.8, 4) is 0 Å². The van der Waals surface area contributed by atoms with Gasteiger partial charge in [0.15, 0.2) is 0 Å². The molecule has 37 heavy (non-hydrogen) atoms. The maximum absolute atomic E-state index is 3.64. The molecular formula is C34H34N3+. The first kappa shape index (κ1) is 24.3. The zero-order chi connectivity index (χ0) is 25.9. The minimum absolute atomic E-state index is 1.09. The predicted octanol–water partition coefficient (Wildman–Crippen LogP) is 5.86. The predicted molar refractivity (Wildman–Crippen MR) is 159 cm³/mol. The smallest absolute Gasteiger partial charge is 0.211 e. The van der Waals surface area contributed by atoms with Crippen molar-refractivity contribution < 1.29 is 4.99 Å². The van der Waals surface area contributed by atoms with E-state index in [1.54, 1.807) is 0 Å². The second kappa shape index (κ2) is 10.3. The average molecular weight is 485 g/mol. The average Bonchev–Trinajstić information content (AvgIpc) is 2.92. The van der Waals surface area contributed by atoms with E-state index < -0.39 is 0 Å². The van der Waals surface area contributed by atoms with Gasteiger partial charge < -0.3 is 9.80 Å². The summed E-state index contributed by atoms with van der Waals surface area (Å²) in [6.45, 7) is 2.11. The van der Waals surface area contributed by atoms with E-state index in [9.17, 15) is 0 Å². The van der Waals surface area contributed by atoms with E-state index in [-0.39, 0.29) is 0 Å². The molecule has 0 amide bonds. The van der Waals surface area contributed by atoms with Crippen molar-refractivity contribution in [2.75, 3.05) is 38.0 Å². The number of nitrogens with one attached hydrogen (secondary N) is 1. The van der Waals surface area contributed by atoms with Crippen LogP contribution in [0.15, 0.2) is 109 Å². The first-order valence-corrected chi connectivity index (χ1v) is 12.7. The lowest BCUT2D eigenvalue weighted by Crippen LogP contribution is -2.66. The molecule has 0 heterocycles. The van der Waals surface area contributed by atoms with Crippen LogP contribution >= 0.6 is 0 Å². The molecule has 1 N–H and O–H groups in total. The molecule has 0 atom stereocenters. The Morgan fingerprint density at radius 2 is 1.08 bits per heavy atom. The van der Waals surface area contributed by atoms with Crippen molar-refractivity contribution >= 4 is 33.9 Å². The van der Waals surface area contributed by atoms with Crippen molar-refractivity contribution in [3.05, 3.63) is 137 Å². The summed E-state index contributed by atoms with van der Waals surface area (Å²) in [6.07, 6.45) is 4.47. The molecule has 4 aromatic carbocycles. The lowest BCUT2D eigenvalue weighted by Gasteiger charge is -2.21. The Balaban J connectivity index is 1.70. The summed E-state index contributed by atoms with van der Waals surface area (Å²) >= 11 is 0. The van der Waals surface area contributed by atoms with Gasteiger partial charge in [-0.15, -0.1) is 0 Å². The van der Waals surface area contributed by atoms with Crippen LogP contribution in [0.3, 0.4) is 0 Å². The number of hydrogen-bond acceptors (Lipinski definition) is 2. The van der Waals surface area contributed by atoms with Gasteiger partial charge in [0.25, 0.3) is 0 Å². The van der Waals surface area contributed by atoms with Crippen LogP contribution < -0.4 is 14.8 Å². The normalized spacial score (nSPS) is 13.4. The van der Waals surface area contributed by atoms with Gasteiger partial charge in [-0.05, 0) is 71.2 Å². The summed E-state index contributed by atoms with van der Waals surface area (Å²) in [6, 6.07) is 34.9. The molecule has 0 unspecified atom stereocenters. The zero-order valence-electron chi connectivity index (χ0n) is 22.3. The van der Waals surface area contributed by atoms with Gasteiger partial charge >= 0.3 is 0 Å². The van der Waals surface area contributed by atoms with Crippen LogP contribution in [0.5, 0.6) is 0 Å². The first-order valence-electron chi connectivity index (χ1n) is 12.7. The minimum Gasteiger partial charge on any atom is -0.378 e. The van der Waals surface area contributed by atoms with E-state index >= 15 is 0 Å². The van der Waals surface area contributed by atoms with Gasteiger partial charge in [-0.3, -0.25) is 0 Å². The quantitative estimate of drug-likeness (QED) is 0.383. The van der Waals surface area contributed by atoms with Crippen LogP contribution in [0.1, 0.15) is 27.8 Å². The van der Waals surface area contributed by atoms with Crippen LogP contribution in [0.4, 0.5) is 17.1 Å². The van der Waals surface area contributed by atoms with Gasteiger partial charge in [0.05, 0.1) is 5.56 Å². The van der Waals surface area contributed by atoms with Crippen LogP contribution in [0.2, 0.25) is 0 Å². The Kier molecular flexibility index (Phi) is 6.78. The van der Waals surface area contributed by atoms with Crippen LogP contribution in [0.25, 0.3) is 11.1 Å². The van der Waals surface area contributed by atoms with Crippen molar-refractivity contribution in [1.82, 2.24) is 0 Å². The summed E-state index contributed by atoms with van der Waals surface area (Å²) in [5.74, 6) is 0. The van der Waals surface area contributed by atoms with Crippen molar-refractivity contribution in [1.29, 1.82) is 0 Å². The van der Waals surface area contributed by atoms with Crippen LogP contribution in [-0.2, 0) is 0 Å². The number of anilines is 2. The number of nitrogens with zero attached hydrogens (tertiary/aromatic N) is 2. The molecule has 0 aliphatic heterocycles. The molecule has 0 saturated carbocycles. The maximum Gasteiger partial charge on any atom is 0.211 e. The Morgan fingerprint density at radius 3 is 1.59 bits per heavy atom. The monoisotopic (exact) mass is 484 g/mol. The fraction of sp³-hybridized carbons (Fsp3) is 0.147. The molecule has 0 radical (unpaired) electrons. The van der Waals surface area contributed by atoms with E-state index in [1.165, 1.54) is 50.3 Å². The number of aryl methyl sites for hydroxylation is 1. The van der Waals surface area contributed by atoms with Gasteiger partial charge in [0.2, 0.25) is 11.4 Å². The third-order valence-corrected chi connectivity index (χ3v) is 6.87. The summed E-state index contributed by atoms with van der Waals surface area (Å²) in [5.41, 5.74) is 13.1. The summed E-state index contributed by atoms with van der Waals surface area (Å²) < 4.78 is 0. The van der Waals surface area contributed by atoms with Gasteiger partial charge in [-0.25, -0.2) is 4.99 Å². The van der Waals surface area contributed by atoms with Crippen molar-refractivity contribution in [2.24, 2.45) is 0 Å². The number of hydrogen-bond donors (Lipinski definition) is 1. The summed E-state index contributed by atoms with van der Waals surface area (Å²) in [5, 5.41) is 0. The van der Waals surface area contributed by atoms with E-state index in [4.69, 9.17) is 0 Å². The highest BCUT2D eigenvalue weighted by atomic mass is 15.1. The lowest BCUT2D eigenvalue weighted by atomic mass is 9.83. The second-order valence-electron chi connectivity index (χ2n) is 9.95. The molecular weight excluding hydrogens is 450 g/mol. The molecule has 1 aliphatic rings. The molecule has 0 saturated heterocycles. The van der Waals surface area contributed by atoms with Gasteiger partial charge in [0.1, 0.15) is 0 Å². The zero-order valence-corrected chi connectivity index (χ0v) is 22.3. The Bertz CT molecular complexity index is 1430. The van der Waals surface area contributed by atoms with E-state index in [1.807, 2.05) is 0 Å². The van der Waals surface area contributed by atoms with Crippen molar-refractivity contribution in [2.45, 2.75) is 6.92 Å². The minimum atomic E-state index is 1.09. The number of rotatable bonds is 5. The maximum atomic E-state index is 3.64. The molecule has 0 spiro atoms. The molecule has 0 fully saturated rings. The largest absolute Gasteiger partial charge is 0.378 e. The van der Waals surface area contributed by atoms with E-state index in [0.717, 1.165) is 11.4 Å². The highest BCUT2D eigenvalue weighted by molar-refractivity contribution is 6.17. The molecule has 3 nitrogen and oxygen atoms in total. The fourth-order valence-electron chi connectivity index (χ4n) is 4.75. The lowest BCUT2D eigenvalue weighted by molar-refractivity contribution is -0.351. The summed E-state index contributed by atoms with van der Waals surface area (Å²) in [7, 11) is 8.31. The molecule has 184 valence electrons. The molecule has 3 heteroatoms.